The van der Waals surface area contributed by atoms with Crippen LogP contribution in [-0.4, -0.2) is 0 Å². The zero-order chi connectivity index (χ0) is 24.9. The van der Waals surface area contributed by atoms with Crippen molar-refractivity contribution >= 4 is 45.4 Å². The molecule has 1 heteroatoms. The summed E-state index contributed by atoms with van der Waals surface area (Å²) in [6.07, 6.45) is 5.22. The van der Waals surface area contributed by atoms with Gasteiger partial charge in [0.05, 0.1) is 0 Å². The quantitative estimate of drug-likeness (QED) is 0.171. The lowest BCUT2D eigenvalue weighted by Crippen LogP contribution is -2.20. The van der Waals surface area contributed by atoms with Crippen LogP contribution in [0, 0.1) is 0 Å². The highest BCUT2D eigenvalue weighted by molar-refractivity contribution is 7.79. The van der Waals surface area contributed by atoms with Crippen LogP contribution in [0.5, 0.6) is 0 Å². The van der Waals surface area contributed by atoms with E-state index in [0.717, 1.165) is 0 Å². The second-order valence-corrected chi connectivity index (χ2v) is 11.9. The molecule has 37 heavy (non-hydrogen) atoms. The van der Waals surface area contributed by atoms with Gasteiger partial charge in [-0.05, 0) is 82.2 Å². The van der Waals surface area contributed by atoms with Crippen LogP contribution in [0.1, 0.15) is 24.0 Å². The van der Waals surface area contributed by atoms with E-state index in [2.05, 4.69) is 140 Å². The van der Waals surface area contributed by atoms with E-state index in [1.54, 1.807) is 11.1 Å². The van der Waals surface area contributed by atoms with Crippen LogP contribution in [0.4, 0.5) is 0 Å². The average Bonchev–Trinajstić information content (AvgIpc) is 2.99. The molecule has 0 radical (unpaired) electrons. The molecule has 0 saturated heterocycles. The van der Waals surface area contributed by atoms with E-state index in [0.29, 0.717) is 0 Å². The molecule has 6 aromatic carbocycles. The summed E-state index contributed by atoms with van der Waals surface area (Å²) < 4.78 is 0. The summed E-state index contributed by atoms with van der Waals surface area (Å²) in [5, 5.41) is 9.84. The van der Waals surface area contributed by atoms with E-state index in [9.17, 15) is 0 Å². The molecule has 7 rings (SSSR count). The molecule has 0 fully saturated rings. The lowest BCUT2D eigenvalue weighted by Gasteiger charge is -2.18. The molecule has 1 aliphatic rings. The number of hydrogen-bond donors (Lipinski definition) is 0. The maximum absolute atomic E-state index is 2.35. The molecular formula is C36H31P. The summed E-state index contributed by atoms with van der Waals surface area (Å²) in [4.78, 5) is 0. The van der Waals surface area contributed by atoms with Gasteiger partial charge in [-0.3, -0.25) is 0 Å². The predicted molar refractivity (Wildman–Crippen MR) is 163 cm³/mol. The lowest BCUT2D eigenvalue weighted by molar-refractivity contribution is 0.690. The van der Waals surface area contributed by atoms with Gasteiger partial charge in [-0.15, -0.1) is 0 Å². The number of rotatable bonds is 3. The van der Waals surface area contributed by atoms with E-state index in [1.165, 1.54) is 63.1 Å². The van der Waals surface area contributed by atoms with Crippen molar-refractivity contribution in [2.24, 2.45) is 0 Å². The van der Waals surface area contributed by atoms with Gasteiger partial charge in [-0.1, -0.05) is 140 Å². The summed E-state index contributed by atoms with van der Waals surface area (Å²) in [6, 6.07) is 50.3. The van der Waals surface area contributed by atoms with Gasteiger partial charge >= 0.3 is 0 Å². The minimum Gasteiger partial charge on any atom is -0.0622 e. The summed E-state index contributed by atoms with van der Waals surface area (Å²) in [7, 11) is -0.446. The number of aryl methyl sites for hydroxylation is 2. The Morgan fingerprint density at radius 1 is 0.378 bits per heavy atom. The fourth-order valence-electron chi connectivity index (χ4n) is 5.52. The van der Waals surface area contributed by atoms with Gasteiger partial charge in [-0.2, -0.15) is 0 Å². The van der Waals surface area contributed by atoms with Crippen LogP contribution < -0.4 is 15.9 Å². The van der Waals surface area contributed by atoms with E-state index < -0.39 is 7.92 Å². The van der Waals surface area contributed by atoms with E-state index >= 15 is 0 Å². The highest BCUT2D eigenvalue weighted by Gasteiger charge is 2.15. The van der Waals surface area contributed by atoms with E-state index in [4.69, 9.17) is 0 Å². The first kappa shape index (κ1) is 23.7. The first-order chi connectivity index (χ1) is 18.4. The first-order valence-electron chi connectivity index (χ1n) is 13.3. The highest BCUT2D eigenvalue weighted by Crippen LogP contribution is 2.33. The standard InChI is InChI=1S/C18H15P.C18H16/c1-4-10-16(11-5-1)19(17-12-6-2-7-13-17)18-14-8-3-9-15-18;1-3-7-15-13(5-1)9-11-18-16-8-4-2-6-14(16)10-12-17(15)18/h1-15H;1,3,5,7,9-12H,2,4,6,8H2. The van der Waals surface area contributed by atoms with Gasteiger partial charge in [0.25, 0.3) is 0 Å². The van der Waals surface area contributed by atoms with Crippen molar-refractivity contribution in [2.75, 3.05) is 0 Å². The molecule has 0 atom stereocenters. The molecule has 6 aromatic rings. The third-order valence-corrected chi connectivity index (χ3v) is 9.74. The summed E-state index contributed by atoms with van der Waals surface area (Å²) in [6.45, 7) is 0. The van der Waals surface area contributed by atoms with Gasteiger partial charge in [0.15, 0.2) is 0 Å². The summed E-state index contributed by atoms with van der Waals surface area (Å²) in [5.41, 5.74) is 3.17. The van der Waals surface area contributed by atoms with Crippen LogP contribution in [-0.2, 0) is 12.8 Å². The van der Waals surface area contributed by atoms with Crippen molar-refractivity contribution in [1.29, 1.82) is 0 Å². The van der Waals surface area contributed by atoms with Crippen molar-refractivity contribution in [3.63, 3.8) is 0 Å². The van der Waals surface area contributed by atoms with Crippen LogP contribution in [0.2, 0.25) is 0 Å². The predicted octanol–water partition coefficient (Wildman–Crippen LogP) is 8.32. The largest absolute Gasteiger partial charge is 0.0622 e. The smallest absolute Gasteiger partial charge is 0.0102 e. The summed E-state index contributed by atoms with van der Waals surface area (Å²) in [5.74, 6) is 0. The Morgan fingerprint density at radius 2 is 0.892 bits per heavy atom. The van der Waals surface area contributed by atoms with Gasteiger partial charge in [0.1, 0.15) is 0 Å². The molecule has 0 N–H and O–H groups in total. The lowest BCUT2D eigenvalue weighted by atomic mass is 9.86. The Bertz CT molecular complexity index is 1510. The molecular weight excluding hydrogens is 463 g/mol. The van der Waals surface area contributed by atoms with Crippen molar-refractivity contribution in [3.8, 4) is 0 Å². The number of fused-ring (bicyclic) bond motifs is 5. The zero-order valence-corrected chi connectivity index (χ0v) is 21.9. The Hall–Kier alpha value is -3.73. The molecule has 0 saturated carbocycles. The molecule has 0 unspecified atom stereocenters. The summed E-state index contributed by atoms with van der Waals surface area (Å²) >= 11 is 0. The zero-order valence-electron chi connectivity index (χ0n) is 21.1. The molecule has 1 aliphatic carbocycles. The molecule has 0 aromatic heterocycles. The Kier molecular flexibility index (Phi) is 7.11. The van der Waals surface area contributed by atoms with Crippen molar-refractivity contribution in [2.45, 2.75) is 25.7 Å². The third-order valence-electron chi connectivity index (χ3n) is 7.30. The monoisotopic (exact) mass is 494 g/mol. The Balaban J connectivity index is 0.000000136. The maximum Gasteiger partial charge on any atom is -0.0102 e. The Labute approximate surface area is 221 Å². The molecule has 0 aliphatic heterocycles. The van der Waals surface area contributed by atoms with Crippen molar-refractivity contribution < 1.29 is 0 Å². The molecule has 0 nitrogen and oxygen atoms in total. The van der Waals surface area contributed by atoms with Gasteiger partial charge in [-0.25, -0.2) is 0 Å². The minimum atomic E-state index is -0.446. The van der Waals surface area contributed by atoms with Crippen LogP contribution in [0.15, 0.2) is 140 Å². The van der Waals surface area contributed by atoms with Crippen LogP contribution in [0.3, 0.4) is 0 Å². The van der Waals surface area contributed by atoms with Crippen LogP contribution in [0.25, 0.3) is 21.5 Å². The molecule has 0 amide bonds. The topological polar surface area (TPSA) is 0 Å². The molecule has 0 heterocycles. The van der Waals surface area contributed by atoms with Gasteiger partial charge in [0, 0.05) is 0 Å². The van der Waals surface area contributed by atoms with Gasteiger partial charge in [0.2, 0.25) is 0 Å². The van der Waals surface area contributed by atoms with Crippen molar-refractivity contribution in [1.82, 2.24) is 0 Å². The second kappa shape index (κ2) is 11.1. The number of hydrogen-bond acceptors (Lipinski definition) is 0. The Morgan fingerprint density at radius 3 is 1.51 bits per heavy atom. The molecule has 0 bridgehead atoms. The highest BCUT2D eigenvalue weighted by atomic mass is 31.1. The van der Waals surface area contributed by atoms with Crippen LogP contribution >= 0.6 is 7.92 Å². The average molecular weight is 495 g/mol. The van der Waals surface area contributed by atoms with E-state index in [-0.39, 0.29) is 0 Å². The van der Waals surface area contributed by atoms with E-state index in [1.807, 2.05) is 0 Å². The minimum absolute atomic E-state index is 0.446. The fourth-order valence-corrected chi connectivity index (χ4v) is 7.83. The fraction of sp³-hybridized carbons (Fsp3) is 0.111. The second-order valence-electron chi connectivity index (χ2n) is 9.63. The van der Waals surface area contributed by atoms with Crippen molar-refractivity contribution in [3.05, 3.63) is 151 Å². The molecule has 180 valence electrons. The van der Waals surface area contributed by atoms with Gasteiger partial charge < -0.3 is 0 Å². The normalized spacial score (nSPS) is 12.7. The maximum atomic E-state index is 2.35. The first-order valence-corrected chi connectivity index (χ1v) is 14.6. The SMILES string of the molecule is c1ccc(P(c2ccccc2)c2ccccc2)cc1.c1ccc2c(c1)ccc1c3c(ccc12)CCCC3. The number of benzene rings is 6. The molecule has 0 spiro atoms. The third kappa shape index (κ3) is 5.08.